The predicted octanol–water partition coefficient (Wildman–Crippen LogP) is 0.830. The first-order chi connectivity index (χ1) is 9.86. The fourth-order valence-corrected chi connectivity index (χ4v) is 1.40. The molecule has 9 nitrogen and oxygen atoms in total. The van der Waals surface area contributed by atoms with E-state index in [0.29, 0.717) is 12.1 Å². The fourth-order valence-electron chi connectivity index (χ4n) is 1.40. The number of halogens is 2. The first kappa shape index (κ1) is 14.3. The third-order valence-corrected chi connectivity index (χ3v) is 2.27. The molecule has 11 heteroatoms. The second-order valence-electron chi connectivity index (χ2n) is 3.80. The summed E-state index contributed by atoms with van der Waals surface area (Å²) in [6, 6.07) is 0.0842. The van der Waals surface area contributed by atoms with Gasteiger partial charge in [0, 0.05) is 6.07 Å². The lowest BCUT2D eigenvalue weighted by atomic mass is 10.2. The molecule has 2 amide bonds. The molecule has 0 saturated heterocycles. The van der Waals surface area contributed by atoms with Crippen LogP contribution in [0.5, 0.6) is 0 Å². The number of benzene rings is 1. The number of carboxylic acids is 1. The number of hydrogen-bond donors (Lipinski definition) is 3. The third-order valence-electron chi connectivity index (χ3n) is 2.27. The molecule has 1 aromatic carbocycles. The Morgan fingerprint density at radius 2 is 1.95 bits per heavy atom. The number of urea groups is 1. The van der Waals surface area contributed by atoms with Crippen LogP contribution in [-0.2, 0) is 7.05 Å². The molecule has 2 aromatic rings. The average molecular weight is 298 g/mol. The Bertz CT molecular complexity index is 717. The molecule has 0 aliphatic heterocycles. The van der Waals surface area contributed by atoms with Gasteiger partial charge in [-0.15, -0.1) is 5.10 Å². The summed E-state index contributed by atoms with van der Waals surface area (Å²) in [4.78, 5) is 23.4. The zero-order valence-corrected chi connectivity index (χ0v) is 10.5. The van der Waals surface area contributed by atoms with E-state index < -0.39 is 34.9 Å². The second-order valence-corrected chi connectivity index (χ2v) is 3.80. The van der Waals surface area contributed by atoms with Crippen LogP contribution in [0.4, 0.5) is 25.2 Å². The highest BCUT2D eigenvalue weighted by atomic mass is 19.1. The van der Waals surface area contributed by atoms with Crippen molar-refractivity contribution < 1.29 is 23.5 Å². The van der Waals surface area contributed by atoms with Gasteiger partial charge in [0.1, 0.15) is 11.6 Å². The highest BCUT2D eigenvalue weighted by Crippen LogP contribution is 2.19. The molecule has 1 aromatic heterocycles. The molecule has 0 aliphatic rings. The quantitative estimate of drug-likeness (QED) is 0.771. The summed E-state index contributed by atoms with van der Waals surface area (Å²) >= 11 is 0. The van der Waals surface area contributed by atoms with E-state index in [1.165, 1.54) is 7.05 Å². The zero-order valence-electron chi connectivity index (χ0n) is 10.5. The van der Waals surface area contributed by atoms with E-state index in [0.717, 1.165) is 4.80 Å². The lowest BCUT2D eigenvalue weighted by molar-refractivity contribution is 0.0692. The largest absolute Gasteiger partial charge is 0.478 e. The minimum atomic E-state index is -1.59. The van der Waals surface area contributed by atoms with Crippen molar-refractivity contribution in [2.75, 3.05) is 10.6 Å². The number of carboxylic acid groups (broad SMARTS) is 1. The van der Waals surface area contributed by atoms with Crippen molar-refractivity contribution in [1.29, 1.82) is 0 Å². The van der Waals surface area contributed by atoms with Crippen molar-refractivity contribution in [3.05, 3.63) is 29.3 Å². The van der Waals surface area contributed by atoms with Gasteiger partial charge >= 0.3 is 12.0 Å². The van der Waals surface area contributed by atoms with E-state index >= 15 is 0 Å². The molecular weight excluding hydrogens is 290 g/mol. The van der Waals surface area contributed by atoms with Crippen molar-refractivity contribution in [2.24, 2.45) is 7.05 Å². The number of nitrogens with one attached hydrogen (secondary N) is 2. The number of aromatic nitrogens is 4. The highest BCUT2D eigenvalue weighted by molar-refractivity contribution is 5.99. The number of tetrazole rings is 1. The van der Waals surface area contributed by atoms with Crippen LogP contribution in [0.15, 0.2) is 12.1 Å². The molecule has 1 heterocycles. The summed E-state index contributed by atoms with van der Waals surface area (Å²) in [5.41, 5.74) is -1.28. The lowest BCUT2D eigenvalue weighted by Gasteiger charge is -2.07. The van der Waals surface area contributed by atoms with E-state index in [-0.39, 0.29) is 5.95 Å². The maximum atomic E-state index is 13.5. The number of amides is 2. The van der Waals surface area contributed by atoms with Crippen LogP contribution in [-0.4, -0.2) is 37.3 Å². The molecule has 0 fully saturated rings. The molecule has 0 unspecified atom stereocenters. The third kappa shape index (κ3) is 3.26. The average Bonchev–Trinajstić information content (AvgIpc) is 2.77. The minimum Gasteiger partial charge on any atom is -0.478 e. The maximum Gasteiger partial charge on any atom is 0.338 e. The van der Waals surface area contributed by atoms with Crippen LogP contribution in [0.3, 0.4) is 0 Å². The molecular formula is C10H8F2N6O3. The summed E-state index contributed by atoms with van der Waals surface area (Å²) in [5.74, 6) is -4.11. The second kappa shape index (κ2) is 5.48. The van der Waals surface area contributed by atoms with Crippen molar-refractivity contribution in [3.8, 4) is 0 Å². The van der Waals surface area contributed by atoms with E-state index in [1.807, 2.05) is 5.32 Å². The van der Waals surface area contributed by atoms with Gasteiger partial charge in [0.05, 0.1) is 18.3 Å². The summed E-state index contributed by atoms with van der Waals surface area (Å²) in [5, 5.41) is 23.5. The first-order valence-corrected chi connectivity index (χ1v) is 5.41. The van der Waals surface area contributed by atoms with Crippen LogP contribution < -0.4 is 10.6 Å². The zero-order chi connectivity index (χ0) is 15.6. The van der Waals surface area contributed by atoms with Crippen LogP contribution >= 0.6 is 0 Å². The molecule has 0 radical (unpaired) electrons. The van der Waals surface area contributed by atoms with Crippen LogP contribution in [0, 0.1) is 11.6 Å². The summed E-state index contributed by atoms with van der Waals surface area (Å²) in [7, 11) is 1.47. The highest BCUT2D eigenvalue weighted by Gasteiger charge is 2.17. The smallest absolute Gasteiger partial charge is 0.338 e. The van der Waals surface area contributed by atoms with Crippen LogP contribution in [0.2, 0.25) is 0 Å². The van der Waals surface area contributed by atoms with E-state index in [1.54, 1.807) is 0 Å². The normalized spacial score (nSPS) is 10.2. The first-order valence-electron chi connectivity index (χ1n) is 5.41. The Labute approximate surface area is 115 Å². The number of carbonyl (C=O) groups excluding carboxylic acids is 1. The van der Waals surface area contributed by atoms with Crippen LogP contribution in [0.1, 0.15) is 10.4 Å². The van der Waals surface area contributed by atoms with Gasteiger partial charge in [-0.3, -0.25) is 5.32 Å². The molecule has 0 saturated carbocycles. The molecule has 0 atom stereocenters. The maximum absolute atomic E-state index is 13.5. The van der Waals surface area contributed by atoms with Crippen molar-refractivity contribution in [2.45, 2.75) is 0 Å². The number of rotatable bonds is 3. The van der Waals surface area contributed by atoms with Gasteiger partial charge in [0.2, 0.25) is 0 Å². The number of anilines is 2. The predicted molar refractivity (Wildman–Crippen MR) is 64.8 cm³/mol. The van der Waals surface area contributed by atoms with E-state index in [2.05, 4.69) is 20.7 Å². The van der Waals surface area contributed by atoms with Gasteiger partial charge in [-0.05, 0) is 11.3 Å². The number of aryl methyl sites for hydroxylation is 1. The van der Waals surface area contributed by atoms with Gasteiger partial charge in [-0.1, -0.05) is 5.10 Å². The number of hydrogen-bond acceptors (Lipinski definition) is 5. The van der Waals surface area contributed by atoms with Crippen LogP contribution in [0.25, 0.3) is 0 Å². The molecule has 0 aliphatic carbocycles. The number of aromatic carboxylic acids is 1. The molecule has 110 valence electrons. The Balaban J connectivity index is 2.17. The lowest BCUT2D eigenvalue weighted by Crippen LogP contribution is -2.21. The van der Waals surface area contributed by atoms with Crippen molar-refractivity contribution in [3.63, 3.8) is 0 Å². The Morgan fingerprint density at radius 1 is 1.24 bits per heavy atom. The molecule has 0 bridgehead atoms. The molecule has 2 rings (SSSR count). The minimum absolute atomic E-state index is 0.143. The van der Waals surface area contributed by atoms with Gasteiger partial charge in [0.15, 0.2) is 0 Å². The van der Waals surface area contributed by atoms with Gasteiger partial charge in [0.25, 0.3) is 5.95 Å². The standard InChI is InChI=1S/C10H8F2N6O3/c1-18-16-9(15-17-18)14-10(21)13-7-2-4(8(19)20)5(11)3-6(7)12/h2-3H,1H3,(H,19,20)(H2,13,14,16,21). The Hall–Kier alpha value is -3.11. The molecule has 3 N–H and O–H groups in total. The monoisotopic (exact) mass is 298 g/mol. The summed E-state index contributed by atoms with van der Waals surface area (Å²) in [6.45, 7) is 0. The summed E-state index contributed by atoms with van der Waals surface area (Å²) < 4.78 is 26.7. The van der Waals surface area contributed by atoms with Gasteiger partial charge in [-0.25, -0.2) is 18.4 Å². The number of nitrogens with zero attached hydrogens (tertiary/aromatic N) is 4. The van der Waals surface area contributed by atoms with E-state index in [4.69, 9.17) is 5.11 Å². The van der Waals surface area contributed by atoms with Crippen molar-refractivity contribution in [1.82, 2.24) is 20.2 Å². The SMILES string of the molecule is Cn1nnc(NC(=O)Nc2cc(C(=O)O)c(F)cc2F)n1. The van der Waals surface area contributed by atoms with E-state index in [9.17, 15) is 18.4 Å². The molecule has 0 spiro atoms. The van der Waals surface area contributed by atoms with Gasteiger partial charge < -0.3 is 10.4 Å². The fraction of sp³-hybridized carbons (Fsp3) is 0.100. The van der Waals surface area contributed by atoms with Crippen molar-refractivity contribution >= 4 is 23.6 Å². The number of carbonyl (C=O) groups is 2. The van der Waals surface area contributed by atoms with Gasteiger partial charge in [-0.2, -0.15) is 4.80 Å². The molecule has 21 heavy (non-hydrogen) atoms. The topological polar surface area (TPSA) is 122 Å². The Morgan fingerprint density at radius 3 is 2.52 bits per heavy atom. The summed E-state index contributed by atoms with van der Waals surface area (Å²) in [6.07, 6.45) is 0. The Kier molecular flexibility index (Phi) is 3.73.